The number of hydrogen-bond donors (Lipinski definition) is 2. The van der Waals surface area contributed by atoms with Crippen molar-refractivity contribution in [2.45, 2.75) is 19.1 Å². The van der Waals surface area contributed by atoms with Gasteiger partial charge in [-0.3, -0.25) is 0 Å². The first-order chi connectivity index (χ1) is 7.07. The number of aliphatic hydroxyl groups excluding tert-OH is 2. The van der Waals surface area contributed by atoms with Gasteiger partial charge in [0.25, 0.3) is 0 Å². The van der Waals surface area contributed by atoms with Gasteiger partial charge in [-0.05, 0) is 34.3 Å². The van der Waals surface area contributed by atoms with E-state index in [0.29, 0.717) is 9.35 Å². The van der Waals surface area contributed by atoms with Crippen molar-refractivity contribution in [2.75, 3.05) is 6.61 Å². The van der Waals surface area contributed by atoms with Crippen LogP contribution in [0.5, 0.6) is 0 Å². The zero-order chi connectivity index (χ0) is 11.4. The summed E-state index contributed by atoms with van der Waals surface area (Å²) in [6.45, 7) is 1.81. The Bertz CT molecular complexity index is 339. The minimum atomic E-state index is -1.54. The number of esters is 1. The van der Waals surface area contributed by atoms with Gasteiger partial charge in [0.05, 0.1) is 11.5 Å². The van der Waals surface area contributed by atoms with Gasteiger partial charge in [-0.15, -0.1) is 11.3 Å². The van der Waals surface area contributed by atoms with Gasteiger partial charge < -0.3 is 14.9 Å². The normalized spacial score (nSPS) is 14.7. The van der Waals surface area contributed by atoms with Gasteiger partial charge in [0, 0.05) is 4.47 Å². The molecular formula is C9H11BrO4S. The zero-order valence-corrected chi connectivity index (χ0v) is 10.4. The van der Waals surface area contributed by atoms with Crippen LogP contribution in [0.25, 0.3) is 0 Å². The number of ether oxygens (including phenoxy) is 1. The lowest BCUT2D eigenvalue weighted by atomic mass is 10.2. The van der Waals surface area contributed by atoms with Crippen LogP contribution in [0.15, 0.2) is 15.9 Å². The number of carbonyl (C=O) groups is 1. The molecule has 0 bridgehead atoms. The minimum Gasteiger partial charge on any atom is -0.464 e. The molecule has 1 aromatic rings. The lowest BCUT2D eigenvalue weighted by molar-refractivity contribution is -0.159. The number of halogens is 1. The van der Waals surface area contributed by atoms with Crippen LogP contribution in [-0.4, -0.2) is 28.9 Å². The summed E-state index contributed by atoms with van der Waals surface area (Å²) >= 11 is 4.47. The lowest BCUT2D eigenvalue weighted by Gasteiger charge is -2.15. The molecular weight excluding hydrogens is 284 g/mol. The van der Waals surface area contributed by atoms with Crippen molar-refractivity contribution in [2.24, 2.45) is 0 Å². The van der Waals surface area contributed by atoms with E-state index in [1.807, 2.05) is 0 Å². The first-order valence-corrected chi connectivity index (χ1v) is 6.00. The second-order valence-corrected chi connectivity index (χ2v) is 4.58. The Balaban J connectivity index is 2.72. The van der Waals surface area contributed by atoms with E-state index in [9.17, 15) is 15.0 Å². The molecule has 2 unspecified atom stereocenters. The van der Waals surface area contributed by atoms with E-state index in [-0.39, 0.29) is 6.61 Å². The van der Waals surface area contributed by atoms with Gasteiger partial charge in [-0.2, -0.15) is 0 Å². The Morgan fingerprint density at radius 3 is 2.80 bits per heavy atom. The minimum absolute atomic E-state index is 0.175. The van der Waals surface area contributed by atoms with Gasteiger partial charge in [-0.1, -0.05) is 0 Å². The predicted octanol–water partition coefficient (Wildman–Crippen LogP) is 1.47. The highest BCUT2D eigenvalue weighted by atomic mass is 79.9. The first-order valence-electron chi connectivity index (χ1n) is 4.33. The van der Waals surface area contributed by atoms with Crippen LogP contribution in [-0.2, 0) is 9.53 Å². The average molecular weight is 295 g/mol. The SMILES string of the molecule is CCOC(=O)C(O)C(O)c1sccc1Br. The van der Waals surface area contributed by atoms with E-state index in [1.165, 1.54) is 11.3 Å². The molecule has 0 aliphatic heterocycles. The van der Waals surface area contributed by atoms with Crippen LogP contribution in [0, 0.1) is 0 Å². The maximum atomic E-state index is 11.1. The van der Waals surface area contributed by atoms with Crippen molar-refractivity contribution in [1.82, 2.24) is 0 Å². The Kier molecular flexibility index (Phi) is 4.72. The Labute approximate surface area is 99.6 Å². The molecule has 0 aliphatic carbocycles. The quantitative estimate of drug-likeness (QED) is 0.825. The van der Waals surface area contributed by atoms with Crippen molar-refractivity contribution in [3.05, 3.63) is 20.8 Å². The molecule has 84 valence electrons. The third-order valence-electron chi connectivity index (χ3n) is 1.74. The predicted molar refractivity (Wildman–Crippen MR) is 59.6 cm³/mol. The second kappa shape index (κ2) is 5.60. The van der Waals surface area contributed by atoms with Crippen LogP contribution in [0.2, 0.25) is 0 Å². The molecule has 1 heterocycles. The van der Waals surface area contributed by atoms with E-state index >= 15 is 0 Å². The summed E-state index contributed by atoms with van der Waals surface area (Å²) < 4.78 is 5.27. The molecule has 6 heteroatoms. The molecule has 0 saturated heterocycles. The van der Waals surface area contributed by atoms with E-state index in [1.54, 1.807) is 18.4 Å². The highest BCUT2D eigenvalue weighted by molar-refractivity contribution is 9.10. The highest BCUT2D eigenvalue weighted by Gasteiger charge is 2.28. The third kappa shape index (κ3) is 3.01. The summed E-state index contributed by atoms with van der Waals surface area (Å²) in [5, 5.41) is 20.9. The maximum Gasteiger partial charge on any atom is 0.338 e. The van der Waals surface area contributed by atoms with Crippen LogP contribution < -0.4 is 0 Å². The number of thiophene rings is 1. The zero-order valence-electron chi connectivity index (χ0n) is 8.01. The summed E-state index contributed by atoms with van der Waals surface area (Å²) in [7, 11) is 0. The van der Waals surface area contributed by atoms with Crippen LogP contribution >= 0.6 is 27.3 Å². The molecule has 1 aromatic heterocycles. The standard InChI is InChI=1S/C9H11BrO4S/c1-2-14-9(13)7(12)6(11)8-5(10)3-4-15-8/h3-4,6-7,11-12H,2H2,1H3. The smallest absolute Gasteiger partial charge is 0.338 e. The molecule has 1 rings (SSSR count). The fraction of sp³-hybridized carbons (Fsp3) is 0.444. The summed E-state index contributed by atoms with van der Waals surface area (Å²) in [5.41, 5.74) is 0. The van der Waals surface area contributed by atoms with Gasteiger partial charge in [0.2, 0.25) is 0 Å². The largest absolute Gasteiger partial charge is 0.464 e. The first kappa shape index (κ1) is 12.6. The third-order valence-corrected chi connectivity index (χ3v) is 3.68. The summed E-state index contributed by atoms with van der Waals surface area (Å²) in [6.07, 6.45) is -2.79. The fourth-order valence-electron chi connectivity index (χ4n) is 1.02. The van der Waals surface area contributed by atoms with E-state index in [2.05, 4.69) is 20.7 Å². The molecule has 0 aliphatic rings. The Hall–Kier alpha value is -0.430. The molecule has 0 amide bonds. The number of aliphatic hydroxyl groups is 2. The van der Waals surface area contributed by atoms with Crippen LogP contribution in [0.3, 0.4) is 0 Å². The topological polar surface area (TPSA) is 66.8 Å². The highest BCUT2D eigenvalue weighted by Crippen LogP contribution is 2.31. The van der Waals surface area contributed by atoms with Gasteiger partial charge in [-0.25, -0.2) is 4.79 Å². The molecule has 0 aromatic carbocycles. The van der Waals surface area contributed by atoms with Crippen molar-refractivity contribution in [3.8, 4) is 0 Å². The summed E-state index contributed by atoms with van der Waals surface area (Å²) in [5.74, 6) is -0.815. The number of rotatable bonds is 4. The van der Waals surface area contributed by atoms with Crippen LogP contribution in [0.4, 0.5) is 0 Å². The van der Waals surface area contributed by atoms with Gasteiger partial charge in [0.1, 0.15) is 6.10 Å². The Morgan fingerprint density at radius 1 is 1.67 bits per heavy atom. The molecule has 2 atom stereocenters. The van der Waals surface area contributed by atoms with Crippen molar-refractivity contribution in [1.29, 1.82) is 0 Å². The molecule has 15 heavy (non-hydrogen) atoms. The van der Waals surface area contributed by atoms with Crippen molar-refractivity contribution >= 4 is 33.2 Å². The lowest BCUT2D eigenvalue weighted by Crippen LogP contribution is -2.29. The van der Waals surface area contributed by atoms with Crippen LogP contribution in [0.1, 0.15) is 17.9 Å². The molecule has 2 N–H and O–H groups in total. The molecule has 4 nitrogen and oxygen atoms in total. The van der Waals surface area contributed by atoms with Gasteiger partial charge in [0.15, 0.2) is 6.10 Å². The van der Waals surface area contributed by atoms with Crippen molar-refractivity contribution < 1.29 is 19.7 Å². The number of hydrogen-bond acceptors (Lipinski definition) is 5. The van der Waals surface area contributed by atoms with Crippen molar-refractivity contribution in [3.63, 3.8) is 0 Å². The van der Waals surface area contributed by atoms with Gasteiger partial charge >= 0.3 is 5.97 Å². The summed E-state index contributed by atoms with van der Waals surface area (Å²) in [4.78, 5) is 11.7. The second-order valence-electron chi connectivity index (χ2n) is 2.77. The molecule has 0 spiro atoms. The molecule has 0 saturated carbocycles. The van der Waals surface area contributed by atoms with E-state index in [0.717, 1.165) is 0 Å². The summed E-state index contributed by atoms with van der Waals surface area (Å²) in [6, 6.07) is 1.74. The average Bonchev–Trinajstić information content (AvgIpc) is 2.62. The Morgan fingerprint density at radius 2 is 2.33 bits per heavy atom. The number of carbonyl (C=O) groups excluding carboxylic acids is 1. The molecule has 0 fully saturated rings. The fourth-order valence-corrected chi connectivity index (χ4v) is 2.64. The van der Waals surface area contributed by atoms with E-state index in [4.69, 9.17) is 0 Å². The molecule has 0 radical (unpaired) electrons. The monoisotopic (exact) mass is 294 g/mol. The van der Waals surface area contributed by atoms with E-state index < -0.39 is 18.2 Å². The maximum absolute atomic E-state index is 11.1.